The standard InChI is InChI=1S/C12H14N2O3S/c1-6-4-9(8(3)18-6)7(2)14-11(16)5-10(15)13-12(14)17/h4,7H,5H2,1-3H3,(H,13,15,17). The largest absolute Gasteiger partial charge is 0.331 e. The summed E-state index contributed by atoms with van der Waals surface area (Å²) < 4.78 is 0. The molecule has 4 amide bonds. The average molecular weight is 266 g/mol. The van der Waals surface area contributed by atoms with Crippen LogP contribution < -0.4 is 5.32 Å². The number of rotatable bonds is 2. The first-order valence-electron chi connectivity index (χ1n) is 5.63. The number of barbiturate groups is 1. The van der Waals surface area contributed by atoms with Gasteiger partial charge in [-0.2, -0.15) is 0 Å². The molecule has 18 heavy (non-hydrogen) atoms. The van der Waals surface area contributed by atoms with Crippen molar-refractivity contribution in [2.75, 3.05) is 0 Å². The molecule has 0 spiro atoms. The van der Waals surface area contributed by atoms with Gasteiger partial charge in [0.2, 0.25) is 11.8 Å². The van der Waals surface area contributed by atoms with Gasteiger partial charge >= 0.3 is 6.03 Å². The van der Waals surface area contributed by atoms with Crippen LogP contribution in [0.25, 0.3) is 0 Å². The van der Waals surface area contributed by atoms with Crippen molar-refractivity contribution in [1.29, 1.82) is 0 Å². The van der Waals surface area contributed by atoms with Crippen molar-refractivity contribution in [1.82, 2.24) is 10.2 Å². The lowest BCUT2D eigenvalue weighted by atomic mass is 10.1. The van der Waals surface area contributed by atoms with Gasteiger partial charge in [-0.3, -0.25) is 19.8 Å². The number of amides is 4. The topological polar surface area (TPSA) is 66.5 Å². The van der Waals surface area contributed by atoms with Crippen molar-refractivity contribution < 1.29 is 14.4 Å². The van der Waals surface area contributed by atoms with Gasteiger partial charge in [-0.1, -0.05) is 0 Å². The fourth-order valence-corrected chi connectivity index (χ4v) is 3.17. The molecule has 1 aliphatic heterocycles. The summed E-state index contributed by atoms with van der Waals surface area (Å²) in [5, 5.41) is 2.17. The second kappa shape index (κ2) is 4.53. The molecule has 0 aromatic carbocycles. The number of urea groups is 1. The second-order valence-corrected chi connectivity index (χ2v) is 5.80. The van der Waals surface area contributed by atoms with E-state index < -0.39 is 17.8 Å². The number of nitrogens with zero attached hydrogens (tertiary/aromatic N) is 1. The Morgan fingerprint density at radius 1 is 1.33 bits per heavy atom. The maximum Gasteiger partial charge on any atom is 0.331 e. The summed E-state index contributed by atoms with van der Waals surface area (Å²) in [7, 11) is 0. The Hall–Kier alpha value is -1.69. The molecule has 1 unspecified atom stereocenters. The zero-order valence-electron chi connectivity index (χ0n) is 10.4. The van der Waals surface area contributed by atoms with Crippen molar-refractivity contribution in [2.24, 2.45) is 0 Å². The summed E-state index contributed by atoms with van der Waals surface area (Å²) >= 11 is 1.63. The predicted molar refractivity (Wildman–Crippen MR) is 67.2 cm³/mol. The molecule has 0 radical (unpaired) electrons. The minimum absolute atomic E-state index is 0.266. The fraction of sp³-hybridized carbons (Fsp3) is 0.417. The Morgan fingerprint density at radius 2 is 2.00 bits per heavy atom. The Balaban J connectivity index is 2.30. The number of hydrogen-bond donors (Lipinski definition) is 1. The molecule has 1 saturated heterocycles. The monoisotopic (exact) mass is 266 g/mol. The van der Waals surface area contributed by atoms with Crippen LogP contribution in [0.1, 0.15) is 34.7 Å². The maximum absolute atomic E-state index is 11.8. The van der Waals surface area contributed by atoms with E-state index in [0.29, 0.717) is 0 Å². The van der Waals surface area contributed by atoms with Gasteiger partial charge in [-0.15, -0.1) is 11.3 Å². The number of carbonyl (C=O) groups is 3. The number of thiophene rings is 1. The van der Waals surface area contributed by atoms with Gasteiger partial charge in [-0.05, 0) is 32.4 Å². The van der Waals surface area contributed by atoms with Gasteiger partial charge in [0.05, 0.1) is 6.04 Å². The van der Waals surface area contributed by atoms with E-state index >= 15 is 0 Å². The van der Waals surface area contributed by atoms with Crippen molar-refractivity contribution in [3.05, 3.63) is 21.4 Å². The lowest BCUT2D eigenvalue weighted by Crippen LogP contribution is -2.53. The molecule has 1 aliphatic rings. The van der Waals surface area contributed by atoms with Crippen LogP contribution in [-0.2, 0) is 9.59 Å². The Morgan fingerprint density at radius 3 is 2.50 bits per heavy atom. The second-order valence-electron chi connectivity index (χ2n) is 4.34. The van der Waals surface area contributed by atoms with E-state index in [-0.39, 0.29) is 12.5 Å². The zero-order valence-corrected chi connectivity index (χ0v) is 11.3. The third kappa shape index (κ3) is 2.15. The highest BCUT2D eigenvalue weighted by Gasteiger charge is 2.35. The highest BCUT2D eigenvalue weighted by atomic mass is 32.1. The molecular formula is C12H14N2O3S. The van der Waals surface area contributed by atoms with Gasteiger partial charge in [0, 0.05) is 9.75 Å². The lowest BCUT2D eigenvalue weighted by Gasteiger charge is -2.30. The average Bonchev–Trinajstić information content (AvgIpc) is 2.56. The van der Waals surface area contributed by atoms with E-state index in [1.165, 1.54) is 0 Å². The van der Waals surface area contributed by atoms with E-state index in [1.807, 2.05) is 19.9 Å². The van der Waals surface area contributed by atoms with Crippen molar-refractivity contribution in [2.45, 2.75) is 33.2 Å². The molecule has 1 aromatic heterocycles. The third-order valence-electron chi connectivity index (χ3n) is 2.96. The third-order valence-corrected chi connectivity index (χ3v) is 3.94. The van der Waals surface area contributed by atoms with E-state index in [0.717, 1.165) is 20.2 Å². The molecule has 1 atom stereocenters. The van der Waals surface area contributed by atoms with Gasteiger partial charge < -0.3 is 0 Å². The summed E-state index contributed by atoms with van der Waals surface area (Å²) in [6.07, 6.45) is -0.266. The molecule has 96 valence electrons. The number of carbonyl (C=O) groups excluding carboxylic acids is 3. The van der Waals surface area contributed by atoms with E-state index in [4.69, 9.17) is 0 Å². The van der Waals surface area contributed by atoms with Crippen LogP contribution >= 0.6 is 11.3 Å². The van der Waals surface area contributed by atoms with E-state index in [9.17, 15) is 14.4 Å². The molecule has 0 aliphatic carbocycles. The van der Waals surface area contributed by atoms with Crippen LogP contribution in [0.3, 0.4) is 0 Å². The van der Waals surface area contributed by atoms with Crippen LogP contribution in [0.5, 0.6) is 0 Å². The fourth-order valence-electron chi connectivity index (χ4n) is 2.16. The molecule has 6 heteroatoms. The molecule has 0 bridgehead atoms. The van der Waals surface area contributed by atoms with E-state index in [1.54, 1.807) is 18.3 Å². The quantitative estimate of drug-likeness (QED) is 0.831. The summed E-state index contributed by atoms with van der Waals surface area (Å²) in [4.78, 5) is 37.9. The zero-order chi connectivity index (χ0) is 13.4. The minimum Gasteiger partial charge on any atom is -0.277 e. The predicted octanol–water partition coefficient (Wildman–Crippen LogP) is 1.89. The highest BCUT2D eigenvalue weighted by molar-refractivity contribution is 7.12. The number of aryl methyl sites for hydroxylation is 2. The lowest BCUT2D eigenvalue weighted by molar-refractivity contribution is -0.137. The summed E-state index contributed by atoms with van der Waals surface area (Å²) in [6, 6.07) is 0.990. The molecule has 2 heterocycles. The minimum atomic E-state index is -0.632. The van der Waals surface area contributed by atoms with E-state index in [2.05, 4.69) is 5.32 Å². The van der Waals surface area contributed by atoms with Crippen molar-refractivity contribution >= 4 is 29.2 Å². The van der Waals surface area contributed by atoms with Crippen molar-refractivity contribution in [3.63, 3.8) is 0 Å². The SMILES string of the molecule is Cc1cc(C(C)N2C(=O)CC(=O)NC2=O)c(C)s1. The molecule has 2 rings (SSSR count). The first-order chi connectivity index (χ1) is 8.40. The normalized spacial score (nSPS) is 17.9. The summed E-state index contributed by atoms with van der Waals surface area (Å²) in [5.74, 6) is -0.980. The van der Waals surface area contributed by atoms with Crippen LogP contribution in [0.4, 0.5) is 4.79 Å². The molecule has 0 saturated carbocycles. The van der Waals surface area contributed by atoms with Crippen LogP contribution in [0.2, 0.25) is 0 Å². The van der Waals surface area contributed by atoms with Gasteiger partial charge in [0.15, 0.2) is 0 Å². The maximum atomic E-state index is 11.8. The van der Waals surface area contributed by atoms with Gasteiger partial charge in [0.1, 0.15) is 6.42 Å². The van der Waals surface area contributed by atoms with Crippen LogP contribution in [0, 0.1) is 13.8 Å². The highest BCUT2D eigenvalue weighted by Crippen LogP contribution is 2.30. The summed E-state index contributed by atoms with van der Waals surface area (Å²) in [5.41, 5.74) is 0.954. The first kappa shape index (κ1) is 12.8. The smallest absolute Gasteiger partial charge is 0.277 e. The Bertz CT molecular complexity index is 515. The van der Waals surface area contributed by atoms with Crippen molar-refractivity contribution in [3.8, 4) is 0 Å². The molecule has 1 aromatic rings. The number of imide groups is 2. The van der Waals surface area contributed by atoms with Crippen LogP contribution in [-0.4, -0.2) is 22.7 Å². The molecule has 5 nitrogen and oxygen atoms in total. The molecular weight excluding hydrogens is 252 g/mol. The van der Waals surface area contributed by atoms with Gasteiger partial charge in [-0.25, -0.2) is 4.79 Å². The van der Waals surface area contributed by atoms with Crippen LogP contribution in [0.15, 0.2) is 6.07 Å². The number of nitrogens with one attached hydrogen (secondary N) is 1. The first-order valence-corrected chi connectivity index (χ1v) is 6.44. The summed E-state index contributed by atoms with van der Waals surface area (Å²) in [6.45, 7) is 5.73. The van der Waals surface area contributed by atoms with Gasteiger partial charge in [0.25, 0.3) is 0 Å². The molecule has 1 N–H and O–H groups in total. The Kier molecular flexibility index (Phi) is 3.21. The Labute approximate surface area is 109 Å². The molecule has 1 fully saturated rings. The number of hydrogen-bond acceptors (Lipinski definition) is 4.